The molecule has 0 radical (unpaired) electrons. The molecule has 0 aromatic heterocycles. The van der Waals surface area contributed by atoms with Crippen LogP contribution in [0.25, 0.3) is 0 Å². The summed E-state index contributed by atoms with van der Waals surface area (Å²) in [7, 11) is 0. The van der Waals surface area contributed by atoms with E-state index in [4.69, 9.17) is 9.47 Å². The highest BCUT2D eigenvalue weighted by Gasteiger charge is 2.76. The highest BCUT2D eigenvalue weighted by Crippen LogP contribution is 2.85. The minimum absolute atomic E-state index is 0.242. The molecular weight excluding hydrogens is 376 g/mol. The standard InChI is InChI=1S/C26H16O2S/c1-5-13-21-17(9-1)25(18-10-2-6-14-22(18)27-21)26(29-25)19-11-3-7-15-23(19)28-24-16-8-4-12-20(24)26/h1-16H. The van der Waals surface area contributed by atoms with Gasteiger partial charge < -0.3 is 9.47 Å². The zero-order valence-corrected chi connectivity index (χ0v) is 16.3. The Bertz CT molecular complexity index is 1120. The zero-order chi connectivity index (χ0) is 19.1. The quantitative estimate of drug-likeness (QED) is 0.306. The van der Waals surface area contributed by atoms with Crippen molar-refractivity contribution in [3.63, 3.8) is 0 Å². The summed E-state index contributed by atoms with van der Waals surface area (Å²) in [6, 6.07) is 33.8. The molecule has 0 atom stereocenters. The van der Waals surface area contributed by atoms with Crippen molar-refractivity contribution in [1.82, 2.24) is 0 Å². The molecule has 3 heteroatoms. The molecule has 0 amide bonds. The SMILES string of the molecule is c1ccc2c(c1)Oc1ccccc1C21SC12c1ccccc1Oc1ccccc12. The first-order chi connectivity index (χ1) is 14.3. The minimum Gasteiger partial charge on any atom is -0.457 e. The Morgan fingerprint density at radius 3 is 1.00 bits per heavy atom. The first-order valence-electron chi connectivity index (χ1n) is 9.78. The summed E-state index contributed by atoms with van der Waals surface area (Å²) in [5.74, 6) is 3.77. The summed E-state index contributed by atoms with van der Waals surface area (Å²) in [6.45, 7) is 0. The van der Waals surface area contributed by atoms with Crippen molar-refractivity contribution in [2.75, 3.05) is 0 Å². The van der Waals surface area contributed by atoms with Gasteiger partial charge in [-0.3, -0.25) is 0 Å². The van der Waals surface area contributed by atoms with Crippen LogP contribution in [0.3, 0.4) is 0 Å². The molecule has 4 aromatic rings. The van der Waals surface area contributed by atoms with E-state index in [1.54, 1.807) is 0 Å². The fraction of sp³-hybridized carbons (Fsp3) is 0.0769. The third kappa shape index (κ3) is 1.76. The Hall–Kier alpha value is -3.17. The zero-order valence-electron chi connectivity index (χ0n) is 15.5. The molecule has 2 spiro atoms. The number of thioether (sulfide) groups is 1. The molecule has 0 aliphatic carbocycles. The molecule has 0 unspecified atom stereocenters. The number of hydrogen-bond donors (Lipinski definition) is 0. The van der Waals surface area contributed by atoms with Crippen molar-refractivity contribution in [1.29, 1.82) is 0 Å². The van der Waals surface area contributed by atoms with Gasteiger partial charge in [0.2, 0.25) is 0 Å². The van der Waals surface area contributed by atoms with Crippen LogP contribution >= 0.6 is 11.8 Å². The lowest BCUT2D eigenvalue weighted by atomic mass is 9.71. The van der Waals surface area contributed by atoms with Gasteiger partial charge in [-0.05, 0) is 24.3 Å². The molecule has 0 bridgehead atoms. The average Bonchev–Trinajstić information content (AvgIpc) is 3.45. The topological polar surface area (TPSA) is 18.5 Å². The van der Waals surface area contributed by atoms with Gasteiger partial charge in [-0.15, -0.1) is 11.8 Å². The summed E-state index contributed by atoms with van der Waals surface area (Å²) in [5.41, 5.74) is 4.93. The van der Waals surface area contributed by atoms with Crippen molar-refractivity contribution >= 4 is 11.8 Å². The van der Waals surface area contributed by atoms with Gasteiger partial charge in [0.15, 0.2) is 0 Å². The van der Waals surface area contributed by atoms with Crippen LogP contribution in [0.1, 0.15) is 22.3 Å². The van der Waals surface area contributed by atoms with Gasteiger partial charge in [0, 0.05) is 22.3 Å². The highest BCUT2D eigenvalue weighted by molar-refractivity contribution is 8.09. The van der Waals surface area contributed by atoms with Crippen LogP contribution in [0.4, 0.5) is 0 Å². The van der Waals surface area contributed by atoms with Crippen molar-refractivity contribution in [2.45, 2.75) is 9.49 Å². The lowest BCUT2D eigenvalue weighted by molar-refractivity contribution is 0.412. The average molecular weight is 392 g/mol. The van der Waals surface area contributed by atoms with Gasteiger partial charge in [0.1, 0.15) is 23.0 Å². The Morgan fingerprint density at radius 2 is 0.690 bits per heavy atom. The van der Waals surface area contributed by atoms with Crippen LogP contribution in [0, 0.1) is 0 Å². The van der Waals surface area contributed by atoms with Crippen LogP contribution in [0.15, 0.2) is 97.1 Å². The first kappa shape index (κ1) is 15.7. The highest BCUT2D eigenvalue weighted by atomic mass is 32.2. The maximum absolute atomic E-state index is 6.32. The van der Waals surface area contributed by atoms with E-state index in [2.05, 4.69) is 72.8 Å². The summed E-state index contributed by atoms with van der Waals surface area (Å²) >= 11 is 1.99. The number of hydrogen-bond acceptors (Lipinski definition) is 3. The van der Waals surface area contributed by atoms with Gasteiger partial charge >= 0.3 is 0 Å². The molecule has 2 nitrogen and oxygen atoms in total. The lowest BCUT2D eigenvalue weighted by Gasteiger charge is -2.35. The summed E-state index contributed by atoms with van der Waals surface area (Å²) in [4.78, 5) is 0. The third-order valence-corrected chi connectivity index (χ3v) is 8.17. The Labute approximate surface area is 173 Å². The van der Waals surface area contributed by atoms with Gasteiger partial charge in [-0.1, -0.05) is 72.8 Å². The second-order valence-corrected chi connectivity index (χ2v) is 9.08. The monoisotopic (exact) mass is 392 g/mol. The Kier molecular flexibility index (Phi) is 2.84. The van der Waals surface area contributed by atoms with Crippen LogP contribution < -0.4 is 9.47 Å². The predicted molar refractivity (Wildman–Crippen MR) is 115 cm³/mol. The lowest BCUT2D eigenvalue weighted by Crippen LogP contribution is -2.30. The van der Waals surface area contributed by atoms with Gasteiger partial charge in [0.25, 0.3) is 0 Å². The molecular formula is C26H16O2S. The normalized spacial score (nSPS) is 17.9. The van der Waals surface area contributed by atoms with Gasteiger partial charge in [-0.2, -0.15) is 0 Å². The first-order valence-corrected chi connectivity index (χ1v) is 10.6. The van der Waals surface area contributed by atoms with Crippen LogP contribution in [-0.4, -0.2) is 0 Å². The van der Waals surface area contributed by atoms with Crippen molar-refractivity contribution < 1.29 is 9.47 Å². The van der Waals surface area contributed by atoms with Crippen LogP contribution in [-0.2, 0) is 9.49 Å². The third-order valence-electron chi connectivity index (χ3n) is 6.27. The van der Waals surface area contributed by atoms with Crippen LogP contribution in [0.2, 0.25) is 0 Å². The van der Waals surface area contributed by atoms with Gasteiger partial charge in [-0.25, -0.2) is 0 Å². The number of benzene rings is 4. The fourth-order valence-electron chi connectivity index (χ4n) is 5.10. The molecule has 7 rings (SSSR count). The second kappa shape index (κ2) is 5.25. The summed E-state index contributed by atoms with van der Waals surface area (Å²) in [6.07, 6.45) is 0. The van der Waals surface area contributed by atoms with E-state index in [1.807, 2.05) is 36.0 Å². The maximum atomic E-state index is 6.32. The fourth-order valence-corrected chi connectivity index (χ4v) is 7.06. The predicted octanol–water partition coefficient (Wildman–Crippen LogP) is 6.83. The molecule has 0 N–H and O–H groups in total. The smallest absolute Gasteiger partial charge is 0.132 e. The van der Waals surface area contributed by atoms with E-state index in [0.717, 1.165) is 23.0 Å². The number of rotatable bonds is 0. The molecule has 3 aliphatic heterocycles. The minimum atomic E-state index is -0.242. The van der Waals surface area contributed by atoms with E-state index in [1.165, 1.54) is 22.3 Å². The number of ether oxygens (including phenoxy) is 2. The maximum Gasteiger partial charge on any atom is 0.132 e. The van der Waals surface area contributed by atoms with E-state index in [-0.39, 0.29) is 9.49 Å². The molecule has 138 valence electrons. The molecule has 3 aliphatic rings. The van der Waals surface area contributed by atoms with E-state index in [9.17, 15) is 0 Å². The summed E-state index contributed by atoms with van der Waals surface area (Å²) < 4.78 is 12.2. The number of para-hydroxylation sites is 4. The van der Waals surface area contributed by atoms with Crippen molar-refractivity contribution in [3.05, 3.63) is 119 Å². The van der Waals surface area contributed by atoms with Crippen molar-refractivity contribution in [2.24, 2.45) is 0 Å². The van der Waals surface area contributed by atoms with E-state index < -0.39 is 0 Å². The van der Waals surface area contributed by atoms with E-state index in [0.29, 0.717) is 0 Å². The molecule has 0 saturated carbocycles. The largest absolute Gasteiger partial charge is 0.457 e. The second-order valence-electron chi connectivity index (χ2n) is 7.65. The summed E-state index contributed by atoms with van der Waals surface area (Å²) in [5, 5.41) is 0. The Balaban J connectivity index is 1.62. The Morgan fingerprint density at radius 1 is 0.414 bits per heavy atom. The number of fused-ring (bicyclic) bond motifs is 9. The molecule has 4 aromatic carbocycles. The van der Waals surface area contributed by atoms with Crippen LogP contribution in [0.5, 0.6) is 23.0 Å². The molecule has 3 heterocycles. The van der Waals surface area contributed by atoms with Gasteiger partial charge in [0.05, 0.1) is 9.49 Å². The molecule has 1 saturated heterocycles. The van der Waals surface area contributed by atoms with Crippen molar-refractivity contribution in [3.8, 4) is 23.0 Å². The van der Waals surface area contributed by atoms with E-state index >= 15 is 0 Å². The molecule has 29 heavy (non-hydrogen) atoms. The molecule has 1 fully saturated rings.